The molecular formula is C16H26ClN3O3S. The lowest BCUT2D eigenvalue weighted by Crippen LogP contribution is -2.34. The van der Waals surface area contributed by atoms with Crippen molar-refractivity contribution in [2.75, 3.05) is 31.1 Å². The van der Waals surface area contributed by atoms with E-state index in [1.807, 2.05) is 6.07 Å². The molecule has 0 bridgehead atoms. The minimum atomic E-state index is -3.56. The Kier molecular flexibility index (Phi) is 8.15. The molecule has 0 saturated carbocycles. The first-order valence-electron chi connectivity index (χ1n) is 8.07. The lowest BCUT2D eigenvalue weighted by atomic mass is 10.0. The van der Waals surface area contributed by atoms with E-state index in [-0.39, 0.29) is 23.2 Å². The first kappa shape index (κ1) is 20.9. The zero-order valence-electron chi connectivity index (χ0n) is 14.2. The molecule has 0 radical (unpaired) electrons. The van der Waals surface area contributed by atoms with E-state index in [9.17, 15) is 13.2 Å². The maximum Gasteiger partial charge on any atom is 0.240 e. The minimum absolute atomic E-state index is 0. The topological polar surface area (TPSA) is 78.5 Å². The van der Waals surface area contributed by atoms with Gasteiger partial charge in [0.2, 0.25) is 15.9 Å². The lowest BCUT2D eigenvalue weighted by molar-refractivity contribution is -0.116. The van der Waals surface area contributed by atoms with Crippen LogP contribution in [0.5, 0.6) is 0 Å². The van der Waals surface area contributed by atoms with Gasteiger partial charge in [-0.1, -0.05) is 13.0 Å². The standard InChI is InChI=1S/C16H25N3O3S.ClH/c1-3-8-17-9-10-18-23(21,22)15-7-6-14-5-4-11-19(13(2)20)16(14)12-15;/h6-7,12,17-18H,3-5,8-11H2,1-2H3;1H. The highest BCUT2D eigenvalue weighted by Crippen LogP contribution is 2.29. The van der Waals surface area contributed by atoms with Crippen LogP contribution in [0.4, 0.5) is 5.69 Å². The Hall–Kier alpha value is -1.15. The van der Waals surface area contributed by atoms with Crippen molar-refractivity contribution in [3.05, 3.63) is 23.8 Å². The molecule has 2 rings (SSSR count). The number of benzene rings is 1. The third-order valence-corrected chi connectivity index (χ3v) is 5.35. The number of rotatable bonds is 7. The van der Waals surface area contributed by atoms with E-state index in [0.717, 1.165) is 37.1 Å². The molecule has 1 aliphatic rings. The number of hydrogen-bond acceptors (Lipinski definition) is 4. The van der Waals surface area contributed by atoms with Crippen LogP contribution in [0.15, 0.2) is 23.1 Å². The summed E-state index contributed by atoms with van der Waals surface area (Å²) in [4.78, 5) is 13.6. The van der Waals surface area contributed by atoms with Crippen LogP contribution in [0.25, 0.3) is 0 Å². The molecular weight excluding hydrogens is 350 g/mol. The average molecular weight is 376 g/mol. The molecule has 0 unspecified atom stereocenters. The molecule has 0 aliphatic carbocycles. The van der Waals surface area contributed by atoms with Crippen LogP contribution in [0, 0.1) is 0 Å². The van der Waals surface area contributed by atoms with Gasteiger partial charge in [-0.3, -0.25) is 4.79 Å². The second-order valence-electron chi connectivity index (χ2n) is 5.71. The highest BCUT2D eigenvalue weighted by Gasteiger charge is 2.23. The zero-order chi connectivity index (χ0) is 16.9. The normalized spacial score (nSPS) is 14.0. The van der Waals surface area contributed by atoms with Gasteiger partial charge in [0, 0.05) is 32.2 Å². The van der Waals surface area contributed by atoms with E-state index in [4.69, 9.17) is 0 Å². The predicted molar refractivity (Wildman–Crippen MR) is 98.4 cm³/mol. The summed E-state index contributed by atoms with van der Waals surface area (Å²) in [6, 6.07) is 5.04. The maximum atomic E-state index is 12.4. The number of hydrogen-bond donors (Lipinski definition) is 2. The van der Waals surface area contributed by atoms with Gasteiger partial charge < -0.3 is 10.2 Å². The summed E-state index contributed by atoms with van der Waals surface area (Å²) in [7, 11) is -3.56. The molecule has 0 spiro atoms. The van der Waals surface area contributed by atoms with Gasteiger partial charge in [-0.2, -0.15) is 0 Å². The molecule has 24 heavy (non-hydrogen) atoms. The predicted octanol–water partition coefficient (Wildman–Crippen LogP) is 1.69. The minimum Gasteiger partial charge on any atom is -0.315 e. The molecule has 0 atom stereocenters. The molecule has 136 valence electrons. The van der Waals surface area contributed by atoms with Crippen LogP contribution < -0.4 is 14.9 Å². The number of anilines is 1. The van der Waals surface area contributed by atoms with Gasteiger partial charge in [0.25, 0.3) is 0 Å². The molecule has 0 saturated heterocycles. The summed E-state index contributed by atoms with van der Waals surface area (Å²) < 4.78 is 27.4. The van der Waals surface area contributed by atoms with Crippen molar-refractivity contribution < 1.29 is 13.2 Å². The fourth-order valence-electron chi connectivity index (χ4n) is 2.71. The molecule has 1 heterocycles. The van der Waals surface area contributed by atoms with Gasteiger partial charge in [0.05, 0.1) is 4.90 Å². The highest BCUT2D eigenvalue weighted by molar-refractivity contribution is 7.89. The van der Waals surface area contributed by atoms with Gasteiger partial charge in [0.1, 0.15) is 0 Å². The SMILES string of the molecule is CCCNCCNS(=O)(=O)c1ccc2c(c1)N(C(C)=O)CCC2.Cl. The van der Waals surface area contributed by atoms with Crippen LogP contribution in [0.3, 0.4) is 0 Å². The van der Waals surface area contributed by atoms with Gasteiger partial charge in [-0.05, 0) is 43.5 Å². The van der Waals surface area contributed by atoms with Crippen LogP contribution in [-0.4, -0.2) is 40.5 Å². The molecule has 0 fully saturated rings. The summed E-state index contributed by atoms with van der Waals surface area (Å²) in [5.74, 6) is -0.0581. The van der Waals surface area contributed by atoms with E-state index in [1.54, 1.807) is 17.0 Å². The van der Waals surface area contributed by atoms with Gasteiger partial charge in [0.15, 0.2) is 0 Å². The van der Waals surface area contributed by atoms with Gasteiger partial charge in [-0.25, -0.2) is 13.1 Å². The van der Waals surface area contributed by atoms with Crippen LogP contribution in [-0.2, 0) is 21.2 Å². The van der Waals surface area contributed by atoms with Crippen LogP contribution in [0.2, 0.25) is 0 Å². The Morgan fingerprint density at radius 2 is 2.00 bits per heavy atom. The first-order chi connectivity index (χ1) is 11.0. The Bertz CT molecular complexity index is 665. The molecule has 1 amide bonds. The molecule has 2 N–H and O–H groups in total. The first-order valence-corrected chi connectivity index (χ1v) is 9.55. The van der Waals surface area contributed by atoms with Crippen molar-refractivity contribution in [3.63, 3.8) is 0 Å². The molecule has 8 heteroatoms. The second-order valence-corrected chi connectivity index (χ2v) is 7.48. The average Bonchev–Trinajstić information content (AvgIpc) is 2.53. The lowest BCUT2D eigenvalue weighted by Gasteiger charge is -2.29. The molecule has 1 aliphatic heterocycles. The van der Waals surface area contributed by atoms with E-state index in [2.05, 4.69) is 17.0 Å². The van der Waals surface area contributed by atoms with Gasteiger partial charge in [-0.15, -0.1) is 12.4 Å². The third-order valence-electron chi connectivity index (χ3n) is 3.89. The van der Waals surface area contributed by atoms with Crippen LogP contribution in [0.1, 0.15) is 32.3 Å². The fourth-order valence-corrected chi connectivity index (χ4v) is 3.76. The van der Waals surface area contributed by atoms with Crippen molar-refractivity contribution in [3.8, 4) is 0 Å². The fraction of sp³-hybridized carbons (Fsp3) is 0.562. The Labute approximate surface area is 150 Å². The van der Waals surface area contributed by atoms with Crippen molar-refractivity contribution >= 4 is 34.0 Å². The number of carbonyl (C=O) groups excluding carboxylic acids is 1. The number of amides is 1. The molecule has 1 aromatic rings. The van der Waals surface area contributed by atoms with Crippen molar-refractivity contribution in [1.82, 2.24) is 10.0 Å². The number of carbonyl (C=O) groups is 1. The highest BCUT2D eigenvalue weighted by atomic mass is 35.5. The zero-order valence-corrected chi connectivity index (χ0v) is 15.8. The third kappa shape index (κ3) is 5.17. The summed E-state index contributed by atoms with van der Waals surface area (Å²) in [6.45, 7) is 6.01. The smallest absolute Gasteiger partial charge is 0.240 e. The largest absolute Gasteiger partial charge is 0.315 e. The van der Waals surface area contributed by atoms with E-state index in [0.29, 0.717) is 19.6 Å². The second kappa shape index (κ2) is 9.36. The summed E-state index contributed by atoms with van der Waals surface area (Å²) in [6.07, 6.45) is 2.78. The van der Waals surface area contributed by atoms with Crippen molar-refractivity contribution in [2.45, 2.75) is 38.0 Å². The summed E-state index contributed by atoms with van der Waals surface area (Å²) >= 11 is 0. The summed E-state index contributed by atoms with van der Waals surface area (Å²) in [5.41, 5.74) is 1.74. The summed E-state index contributed by atoms with van der Waals surface area (Å²) in [5, 5.41) is 3.15. The van der Waals surface area contributed by atoms with E-state index >= 15 is 0 Å². The van der Waals surface area contributed by atoms with E-state index in [1.165, 1.54) is 6.92 Å². The maximum absolute atomic E-state index is 12.4. The number of nitrogens with zero attached hydrogens (tertiary/aromatic N) is 1. The molecule has 0 aromatic heterocycles. The molecule has 6 nitrogen and oxygen atoms in total. The monoisotopic (exact) mass is 375 g/mol. The number of nitrogens with one attached hydrogen (secondary N) is 2. The number of fused-ring (bicyclic) bond motifs is 1. The quantitative estimate of drug-likeness (QED) is 0.711. The van der Waals surface area contributed by atoms with Crippen molar-refractivity contribution in [1.29, 1.82) is 0 Å². The number of aryl methyl sites for hydroxylation is 1. The number of sulfonamides is 1. The Morgan fingerprint density at radius 1 is 1.25 bits per heavy atom. The van der Waals surface area contributed by atoms with Gasteiger partial charge >= 0.3 is 0 Å². The Balaban J connectivity index is 0.00000288. The van der Waals surface area contributed by atoms with Crippen molar-refractivity contribution in [2.24, 2.45) is 0 Å². The van der Waals surface area contributed by atoms with Crippen LogP contribution >= 0.6 is 12.4 Å². The number of halogens is 1. The molecule has 1 aromatic carbocycles. The van der Waals surface area contributed by atoms with E-state index < -0.39 is 10.0 Å². The Morgan fingerprint density at radius 3 is 2.67 bits per heavy atom.